The van der Waals surface area contributed by atoms with E-state index in [0.717, 1.165) is 21.2 Å². The molecule has 28 heavy (non-hydrogen) atoms. The van der Waals surface area contributed by atoms with Crippen LogP contribution in [-0.2, 0) is 4.79 Å². The molecule has 0 radical (unpaired) electrons. The first-order chi connectivity index (χ1) is 13.6. The molecule has 0 bridgehead atoms. The zero-order valence-corrected chi connectivity index (χ0v) is 16.9. The van der Waals surface area contributed by atoms with Gasteiger partial charge >= 0.3 is 0 Å². The van der Waals surface area contributed by atoms with Gasteiger partial charge in [0.2, 0.25) is 5.91 Å². The van der Waals surface area contributed by atoms with Gasteiger partial charge in [0, 0.05) is 22.9 Å². The molecule has 0 unspecified atom stereocenters. The Hall–Kier alpha value is -2.43. The Morgan fingerprint density at radius 3 is 2.54 bits per heavy atom. The van der Waals surface area contributed by atoms with Crippen LogP contribution in [0.5, 0.6) is 0 Å². The molecular weight excluding hydrogens is 393 g/mol. The van der Waals surface area contributed by atoms with Crippen molar-refractivity contribution in [2.75, 3.05) is 23.7 Å². The Bertz CT molecular complexity index is 967. The molecule has 4 nitrogen and oxygen atoms in total. The maximum atomic E-state index is 13.2. The lowest BCUT2D eigenvalue weighted by atomic mass is 9.86. The van der Waals surface area contributed by atoms with Crippen molar-refractivity contribution in [2.24, 2.45) is 0 Å². The highest BCUT2D eigenvalue weighted by atomic mass is 32.2. The van der Waals surface area contributed by atoms with E-state index < -0.39 is 0 Å². The third-order valence-corrected chi connectivity index (χ3v) is 6.90. The first-order valence-electron chi connectivity index (χ1n) is 8.82. The van der Waals surface area contributed by atoms with E-state index in [4.69, 9.17) is 0 Å². The zero-order chi connectivity index (χ0) is 19.7. The van der Waals surface area contributed by atoms with Crippen molar-refractivity contribution in [3.8, 4) is 6.07 Å². The minimum Gasteiger partial charge on any atom is -0.344 e. The maximum Gasteiger partial charge on any atom is 0.229 e. The van der Waals surface area contributed by atoms with E-state index in [1.165, 1.54) is 23.9 Å². The molecule has 0 N–H and O–H groups in total. The summed E-state index contributed by atoms with van der Waals surface area (Å²) in [5, 5.41) is 10.6. The van der Waals surface area contributed by atoms with Gasteiger partial charge in [-0.2, -0.15) is 5.26 Å². The van der Waals surface area contributed by atoms with E-state index in [1.54, 1.807) is 28.8 Å². The summed E-state index contributed by atoms with van der Waals surface area (Å²) < 4.78 is 13.2. The minimum absolute atomic E-state index is 0.00672. The van der Waals surface area contributed by atoms with Crippen molar-refractivity contribution in [2.45, 2.75) is 17.2 Å². The largest absolute Gasteiger partial charge is 0.344 e. The molecule has 0 aliphatic carbocycles. The van der Waals surface area contributed by atoms with Crippen LogP contribution >= 0.6 is 23.5 Å². The molecule has 2 aromatic rings. The molecule has 1 fully saturated rings. The van der Waals surface area contributed by atoms with E-state index in [9.17, 15) is 14.4 Å². The van der Waals surface area contributed by atoms with Gasteiger partial charge in [0.05, 0.1) is 29.2 Å². The highest BCUT2D eigenvalue weighted by Crippen LogP contribution is 2.43. The second-order valence-electron chi connectivity index (χ2n) is 6.61. The topological polar surface area (TPSA) is 47.3 Å². The SMILES string of the molecule is CSc1ccc([C@H]2CC(=O)N3CN(c4ccc(F)cc4)CSC3=C2C#N)cc1. The molecule has 2 heterocycles. The minimum atomic E-state index is -0.287. The number of benzene rings is 2. The number of amides is 1. The molecule has 2 aliphatic heterocycles. The molecule has 7 heteroatoms. The Morgan fingerprint density at radius 2 is 1.89 bits per heavy atom. The average molecular weight is 412 g/mol. The van der Waals surface area contributed by atoms with Gasteiger partial charge in [-0.15, -0.1) is 11.8 Å². The number of fused-ring (bicyclic) bond motifs is 1. The number of halogens is 1. The molecule has 142 valence electrons. The second-order valence-corrected chi connectivity index (χ2v) is 8.43. The number of allylic oxidation sites excluding steroid dienone is 1. The molecule has 0 spiro atoms. The molecule has 1 amide bonds. The van der Waals surface area contributed by atoms with E-state index >= 15 is 0 Å². The highest BCUT2D eigenvalue weighted by molar-refractivity contribution is 8.03. The lowest BCUT2D eigenvalue weighted by Gasteiger charge is -2.42. The number of carbonyl (C=O) groups excluding carboxylic acids is 1. The molecule has 2 aromatic carbocycles. The fourth-order valence-corrected chi connectivity index (χ4v) is 5.07. The third-order valence-electron chi connectivity index (χ3n) is 5.00. The lowest BCUT2D eigenvalue weighted by molar-refractivity contribution is -0.129. The van der Waals surface area contributed by atoms with Gasteiger partial charge < -0.3 is 4.90 Å². The summed E-state index contributed by atoms with van der Waals surface area (Å²) in [4.78, 5) is 17.8. The molecule has 0 saturated carbocycles. The van der Waals surface area contributed by atoms with Crippen LogP contribution in [0.2, 0.25) is 0 Å². The average Bonchev–Trinajstić information content (AvgIpc) is 2.74. The number of hydrogen-bond donors (Lipinski definition) is 0. The predicted octanol–water partition coefficient (Wildman–Crippen LogP) is 4.77. The molecule has 1 atom stereocenters. The van der Waals surface area contributed by atoms with Crippen molar-refractivity contribution in [1.29, 1.82) is 5.26 Å². The Morgan fingerprint density at radius 1 is 1.18 bits per heavy atom. The first kappa shape index (κ1) is 18.9. The van der Waals surface area contributed by atoms with E-state index in [-0.39, 0.29) is 24.1 Å². The fraction of sp³-hybridized carbons (Fsp3) is 0.238. The summed E-state index contributed by atoms with van der Waals surface area (Å²) in [7, 11) is 0. The van der Waals surface area contributed by atoms with Crippen molar-refractivity contribution in [3.63, 3.8) is 0 Å². The number of nitrogens with zero attached hydrogens (tertiary/aromatic N) is 3. The third kappa shape index (κ3) is 3.50. The van der Waals surface area contributed by atoms with E-state index in [2.05, 4.69) is 6.07 Å². The van der Waals surface area contributed by atoms with Crippen LogP contribution in [0.4, 0.5) is 10.1 Å². The zero-order valence-electron chi connectivity index (χ0n) is 15.3. The number of nitriles is 1. The van der Waals surface area contributed by atoms with Crippen LogP contribution < -0.4 is 4.90 Å². The van der Waals surface area contributed by atoms with Crippen molar-refractivity contribution >= 4 is 35.1 Å². The maximum absolute atomic E-state index is 13.2. The Kier molecular flexibility index (Phi) is 5.33. The predicted molar refractivity (Wildman–Crippen MR) is 111 cm³/mol. The van der Waals surface area contributed by atoms with Crippen LogP contribution in [0.1, 0.15) is 17.9 Å². The number of rotatable bonds is 3. The van der Waals surface area contributed by atoms with Crippen LogP contribution in [-0.4, -0.2) is 29.6 Å². The first-order valence-corrected chi connectivity index (χ1v) is 11.0. The van der Waals surface area contributed by atoms with Crippen LogP contribution in [0.3, 0.4) is 0 Å². The smallest absolute Gasteiger partial charge is 0.229 e. The number of anilines is 1. The normalized spacial score (nSPS) is 19.5. The summed E-state index contributed by atoms with van der Waals surface area (Å²) in [5.74, 6) is 0.121. The lowest BCUT2D eigenvalue weighted by Crippen LogP contribution is -2.47. The van der Waals surface area contributed by atoms with Crippen molar-refractivity contribution in [1.82, 2.24) is 4.90 Å². The number of thioether (sulfide) groups is 2. The van der Waals surface area contributed by atoms with Gasteiger partial charge in [0.15, 0.2) is 0 Å². The van der Waals surface area contributed by atoms with Gasteiger partial charge in [0.1, 0.15) is 5.82 Å². The summed E-state index contributed by atoms with van der Waals surface area (Å²) in [5.41, 5.74) is 2.51. The van der Waals surface area contributed by atoms with Gasteiger partial charge in [-0.05, 0) is 48.2 Å². The van der Waals surface area contributed by atoms with Gasteiger partial charge in [-0.3, -0.25) is 9.69 Å². The summed E-state index contributed by atoms with van der Waals surface area (Å²) in [6, 6.07) is 16.7. The Balaban J connectivity index is 1.63. The molecule has 2 aliphatic rings. The fourth-order valence-electron chi connectivity index (χ4n) is 3.50. The summed E-state index contributed by atoms with van der Waals surface area (Å²) in [6.07, 6.45) is 2.30. The van der Waals surface area contributed by atoms with Crippen LogP contribution in [0.25, 0.3) is 0 Å². The quantitative estimate of drug-likeness (QED) is 0.681. The Labute approximate surface area is 172 Å². The van der Waals surface area contributed by atoms with E-state index in [0.29, 0.717) is 18.1 Å². The van der Waals surface area contributed by atoms with Crippen LogP contribution in [0.15, 0.2) is 64.0 Å². The van der Waals surface area contributed by atoms with Crippen LogP contribution in [0, 0.1) is 17.1 Å². The summed E-state index contributed by atoms with van der Waals surface area (Å²) >= 11 is 3.15. The number of hydrogen-bond acceptors (Lipinski definition) is 5. The second kappa shape index (κ2) is 7.90. The summed E-state index contributed by atoms with van der Waals surface area (Å²) in [6.45, 7) is 0.371. The monoisotopic (exact) mass is 411 g/mol. The number of carbonyl (C=O) groups is 1. The molecule has 1 saturated heterocycles. The van der Waals surface area contributed by atoms with Crippen molar-refractivity contribution < 1.29 is 9.18 Å². The molecule has 0 aromatic heterocycles. The standard InChI is InChI=1S/C21H18FN3OS2/c1-27-17-8-2-14(3-9-17)18-10-20(26)25-12-24(13-28-21(25)19(18)11-23)16-6-4-15(22)5-7-16/h2-9,18H,10,12-13H2,1H3/t18-/m1/s1. The molecular formula is C21H18FN3OS2. The van der Waals surface area contributed by atoms with Crippen molar-refractivity contribution in [3.05, 3.63) is 70.5 Å². The van der Waals surface area contributed by atoms with Gasteiger partial charge in [0.25, 0.3) is 0 Å². The molecule has 4 rings (SSSR count). The van der Waals surface area contributed by atoms with E-state index in [1.807, 2.05) is 35.4 Å². The van der Waals surface area contributed by atoms with Gasteiger partial charge in [-0.1, -0.05) is 23.9 Å². The highest BCUT2D eigenvalue weighted by Gasteiger charge is 2.38. The van der Waals surface area contributed by atoms with Gasteiger partial charge in [-0.25, -0.2) is 4.39 Å².